The summed E-state index contributed by atoms with van der Waals surface area (Å²) >= 11 is 0. The van der Waals surface area contributed by atoms with E-state index in [-0.39, 0.29) is 22.8 Å². The molecule has 1 saturated heterocycles. The zero-order valence-electron chi connectivity index (χ0n) is 20.8. The maximum absolute atomic E-state index is 13.8. The van der Waals surface area contributed by atoms with E-state index in [2.05, 4.69) is 39.0 Å². The van der Waals surface area contributed by atoms with E-state index in [0.29, 0.717) is 18.9 Å². The lowest BCUT2D eigenvalue weighted by molar-refractivity contribution is -0.0849. The van der Waals surface area contributed by atoms with Crippen LogP contribution in [0.2, 0.25) is 0 Å². The van der Waals surface area contributed by atoms with E-state index < -0.39 is 5.54 Å². The first-order valence-corrected chi connectivity index (χ1v) is 12.4. The molecular weight excluding hydrogens is 438 g/mol. The van der Waals surface area contributed by atoms with Crippen LogP contribution in [0.4, 0.5) is 5.69 Å². The van der Waals surface area contributed by atoms with Crippen LogP contribution >= 0.6 is 0 Å². The first kappa shape index (κ1) is 22.2. The quantitative estimate of drug-likeness (QED) is 0.515. The van der Waals surface area contributed by atoms with Gasteiger partial charge in [-0.1, -0.05) is 25.1 Å². The van der Waals surface area contributed by atoms with Gasteiger partial charge in [-0.15, -0.1) is 0 Å². The standard InChI is InChI=1S/C29H31N3O3/c1-19-15-29(19,17-30)32-23-14-25-22(28(18-34-25)10-11-35-27(2,3)16-28)12-20(23)13-24(32)26(33)31(4)21-8-6-5-7-9-21/h5-9,12-14,19H,10-11,15-16,18H2,1-4H3/t19-,28-,29+/m0/s1. The molecule has 1 aromatic heterocycles. The van der Waals surface area contributed by atoms with Crippen LogP contribution in [-0.4, -0.2) is 36.3 Å². The number of aromatic nitrogens is 1. The molecular formula is C29H31N3O3. The van der Waals surface area contributed by atoms with Crippen molar-refractivity contribution in [2.24, 2.45) is 5.92 Å². The highest BCUT2D eigenvalue weighted by Gasteiger charge is 2.56. The highest BCUT2D eigenvalue weighted by atomic mass is 16.5. The fourth-order valence-electron chi connectivity index (χ4n) is 6.35. The van der Waals surface area contributed by atoms with Crippen molar-refractivity contribution in [1.29, 1.82) is 5.26 Å². The highest BCUT2D eigenvalue weighted by Crippen LogP contribution is 2.54. The molecule has 6 heteroatoms. The molecule has 3 heterocycles. The Hall–Kier alpha value is -3.30. The van der Waals surface area contributed by atoms with Gasteiger partial charge in [-0.05, 0) is 63.3 Å². The van der Waals surface area contributed by atoms with Crippen LogP contribution < -0.4 is 9.64 Å². The van der Waals surface area contributed by atoms with Gasteiger partial charge in [0.25, 0.3) is 5.91 Å². The summed E-state index contributed by atoms with van der Waals surface area (Å²) < 4.78 is 14.3. The summed E-state index contributed by atoms with van der Waals surface area (Å²) in [6, 6.07) is 18.4. The summed E-state index contributed by atoms with van der Waals surface area (Å²) in [6.45, 7) is 7.71. The summed E-state index contributed by atoms with van der Waals surface area (Å²) in [5.74, 6) is 0.920. The maximum atomic E-state index is 13.8. The van der Waals surface area contributed by atoms with Crippen molar-refractivity contribution in [2.45, 2.75) is 56.6 Å². The fourth-order valence-corrected chi connectivity index (χ4v) is 6.35. The molecule has 2 aliphatic heterocycles. The summed E-state index contributed by atoms with van der Waals surface area (Å²) in [7, 11) is 1.79. The Balaban J connectivity index is 1.52. The molecule has 1 spiro atoms. The van der Waals surface area contributed by atoms with Gasteiger partial charge in [0, 0.05) is 41.8 Å². The smallest absolute Gasteiger partial charge is 0.274 e. The van der Waals surface area contributed by atoms with Crippen LogP contribution in [0.15, 0.2) is 48.5 Å². The van der Waals surface area contributed by atoms with Crippen LogP contribution in [0.25, 0.3) is 10.9 Å². The van der Waals surface area contributed by atoms with Gasteiger partial charge in [0.05, 0.1) is 23.8 Å². The molecule has 2 aromatic carbocycles. The van der Waals surface area contributed by atoms with E-state index in [9.17, 15) is 10.1 Å². The van der Waals surface area contributed by atoms with Gasteiger partial charge in [0.2, 0.25) is 0 Å². The predicted octanol–water partition coefficient (Wildman–Crippen LogP) is 5.40. The summed E-state index contributed by atoms with van der Waals surface area (Å²) in [5.41, 5.74) is 2.44. The normalized spacial score (nSPS) is 28.4. The van der Waals surface area contributed by atoms with E-state index in [1.54, 1.807) is 11.9 Å². The van der Waals surface area contributed by atoms with Crippen LogP contribution in [0.1, 0.15) is 56.1 Å². The van der Waals surface area contributed by atoms with Crippen LogP contribution in [0.5, 0.6) is 5.75 Å². The van der Waals surface area contributed by atoms with Crippen molar-refractivity contribution in [3.63, 3.8) is 0 Å². The largest absolute Gasteiger partial charge is 0.492 e. The molecule has 0 bridgehead atoms. The Bertz CT molecular complexity index is 1390. The van der Waals surface area contributed by atoms with Crippen LogP contribution in [-0.2, 0) is 15.7 Å². The van der Waals surface area contributed by atoms with E-state index >= 15 is 0 Å². The molecule has 1 aliphatic carbocycles. The lowest BCUT2D eigenvalue weighted by Gasteiger charge is -2.42. The number of nitrogens with zero attached hydrogens (tertiary/aromatic N) is 3. The number of fused-ring (bicyclic) bond motifs is 3. The van der Waals surface area contributed by atoms with E-state index in [1.165, 1.54) is 5.56 Å². The number of benzene rings is 2. The van der Waals surface area contributed by atoms with Gasteiger partial charge in [-0.3, -0.25) is 4.79 Å². The van der Waals surface area contributed by atoms with Crippen LogP contribution in [0, 0.1) is 17.2 Å². The number of amides is 1. The van der Waals surface area contributed by atoms with Crippen molar-refractivity contribution in [2.75, 3.05) is 25.2 Å². The Morgan fingerprint density at radius 2 is 1.94 bits per heavy atom. The molecule has 0 unspecified atom stereocenters. The second-order valence-corrected chi connectivity index (χ2v) is 11.2. The summed E-state index contributed by atoms with van der Waals surface area (Å²) in [4.78, 5) is 15.5. The number of hydrogen-bond donors (Lipinski definition) is 0. The highest BCUT2D eigenvalue weighted by molar-refractivity contribution is 6.08. The second-order valence-electron chi connectivity index (χ2n) is 11.2. The Morgan fingerprint density at radius 1 is 1.20 bits per heavy atom. The summed E-state index contributed by atoms with van der Waals surface area (Å²) in [5, 5.41) is 11.2. The zero-order chi connectivity index (χ0) is 24.6. The maximum Gasteiger partial charge on any atom is 0.274 e. The number of rotatable bonds is 3. The first-order valence-electron chi connectivity index (χ1n) is 12.4. The lowest BCUT2D eigenvalue weighted by Crippen LogP contribution is -2.44. The van der Waals surface area contributed by atoms with Gasteiger partial charge in [0.1, 0.15) is 17.0 Å². The Labute approximate surface area is 206 Å². The molecule has 1 saturated carbocycles. The zero-order valence-corrected chi connectivity index (χ0v) is 20.8. The molecule has 0 N–H and O–H groups in total. The number of ether oxygens (including phenoxy) is 2. The van der Waals surface area contributed by atoms with Gasteiger partial charge >= 0.3 is 0 Å². The number of anilines is 1. The minimum absolute atomic E-state index is 0.0852. The van der Waals surface area contributed by atoms with Crippen molar-refractivity contribution >= 4 is 22.5 Å². The first-order chi connectivity index (χ1) is 16.7. The minimum Gasteiger partial charge on any atom is -0.492 e. The van der Waals surface area contributed by atoms with Gasteiger partial charge in [-0.2, -0.15) is 5.26 Å². The average Bonchev–Trinajstić information content (AvgIpc) is 3.19. The van der Waals surface area contributed by atoms with Gasteiger partial charge in [0.15, 0.2) is 0 Å². The molecule has 6 rings (SSSR count). The number of para-hydroxylation sites is 1. The van der Waals surface area contributed by atoms with Crippen molar-refractivity contribution in [1.82, 2.24) is 4.57 Å². The third-order valence-electron chi connectivity index (χ3n) is 8.35. The molecule has 35 heavy (non-hydrogen) atoms. The minimum atomic E-state index is -0.713. The van der Waals surface area contributed by atoms with E-state index in [0.717, 1.165) is 41.6 Å². The topological polar surface area (TPSA) is 67.5 Å². The molecule has 180 valence electrons. The summed E-state index contributed by atoms with van der Waals surface area (Å²) in [6.07, 6.45) is 2.54. The number of carbonyl (C=O) groups is 1. The SMILES string of the molecule is C[C@H]1C[C@]1(C#N)n1c(C(=O)N(C)c2ccccc2)cc2cc3c(cc21)OC[C@@]31CCOC(C)(C)C1. The predicted molar refractivity (Wildman–Crippen MR) is 135 cm³/mol. The number of carbonyl (C=O) groups excluding carboxylic acids is 1. The Morgan fingerprint density at radius 3 is 2.60 bits per heavy atom. The average molecular weight is 470 g/mol. The molecule has 3 aromatic rings. The molecule has 3 atom stereocenters. The van der Waals surface area contributed by atoms with E-state index in [1.807, 2.05) is 41.0 Å². The van der Waals surface area contributed by atoms with Crippen LogP contribution in [0.3, 0.4) is 0 Å². The molecule has 1 amide bonds. The van der Waals surface area contributed by atoms with Crippen molar-refractivity contribution in [3.05, 3.63) is 59.8 Å². The van der Waals surface area contributed by atoms with Gasteiger partial charge in [-0.25, -0.2) is 0 Å². The molecule has 6 nitrogen and oxygen atoms in total. The molecule has 3 aliphatic rings. The monoisotopic (exact) mass is 469 g/mol. The third kappa shape index (κ3) is 3.21. The Kier molecular flexibility index (Phi) is 4.66. The van der Waals surface area contributed by atoms with Crippen molar-refractivity contribution < 1.29 is 14.3 Å². The fraction of sp³-hybridized carbons (Fsp3) is 0.448. The number of nitriles is 1. The second kappa shape index (κ2) is 7.35. The molecule has 2 fully saturated rings. The molecule has 0 radical (unpaired) electrons. The third-order valence-corrected chi connectivity index (χ3v) is 8.35. The van der Waals surface area contributed by atoms with Gasteiger partial charge < -0.3 is 18.9 Å². The van der Waals surface area contributed by atoms with Crippen molar-refractivity contribution in [3.8, 4) is 11.8 Å². The van der Waals surface area contributed by atoms with E-state index in [4.69, 9.17) is 9.47 Å². The lowest BCUT2D eigenvalue weighted by atomic mass is 9.70. The number of hydrogen-bond acceptors (Lipinski definition) is 4.